The van der Waals surface area contributed by atoms with Gasteiger partial charge in [-0.05, 0) is 24.6 Å². The van der Waals surface area contributed by atoms with Crippen LogP contribution in [0.1, 0.15) is 32.4 Å². The van der Waals surface area contributed by atoms with Gasteiger partial charge in [-0.1, -0.05) is 26.0 Å². The molecular formula is C11H17NS. The van der Waals surface area contributed by atoms with E-state index in [-0.39, 0.29) is 6.04 Å². The van der Waals surface area contributed by atoms with Gasteiger partial charge in [0.15, 0.2) is 0 Å². The van der Waals surface area contributed by atoms with Crippen molar-refractivity contribution < 1.29 is 0 Å². The third kappa shape index (κ3) is 3.41. The minimum atomic E-state index is 0.137. The number of thioether (sulfide) groups is 1. The van der Waals surface area contributed by atoms with E-state index in [0.29, 0.717) is 5.25 Å². The lowest BCUT2D eigenvalue weighted by Gasteiger charge is -2.08. The molecule has 1 aromatic carbocycles. The van der Waals surface area contributed by atoms with Crippen LogP contribution in [0.2, 0.25) is 0 Å². The van der Waals surface area contributed by atoms with Crippen molar-refractivity contribution in [2.24, 2.45) is 5.73 Å². The summed E-state index contributed by atoms with van der Waals surface area (Å²) in [6.45, 7) is 6.40. The van der Waals surface area contributed by atoms with Crippen LogP contribution in [0, 0.1) is 0 Å². The molecule has 0 amide bonds. The van der Waals surface area contributed by atoms with Crippen LogP contribution in [0.15, 0.2) is 29.2 Å². The van der Waals surface area contributed by atoms with Crippen molar-refractivity contribution in [3.05, 3.63) is 29.8 Å². The highest BCUT2D eigenvalue weighted by atomic mass is 32.2. The third-order valence-electron chi connectivity index (χ3n) is 1.78. The predicted molar refractivity (Wildman–Crippen MR) is 60.0 cm³/mol. The Hall–Kier alpha value is -0.470. The van der Waals surface area contributed by atoms with Gasteiger partial charge in [-0.2, -0.15) is 0 Å². The van der Waals surface area contributed by atoms with Gasteiger partial charge in [-0.3, -0.25) is 0 Å². The lowest BCUT2D eigenvalue weighted by atomic mass is 10.1. The average Bonchev–Trinajstić information content (AvgIpc) is 2.04. The molecule has 0 aliphatic heterocycles. The van der Waals surface area contributed by atoms with E-state index in [0.717, 1.165) is 0 Å². The number of hydrogen-bond acceptors (Lipinski definition) is 2. The zero-order valence-corrected chi connectivity index (χ0v) is 9.27. The van der Waals surface area contributed by atoms with E-state index in [4.69, 9.17) is 5.73 Å². The molecule has 1 unspecified atom stereocenters. The monoisotopic (exact) mass is 195 g/mol. The second-order valence-electron chi connectivity index (χ2n) is 3.52. The zero-order valence-electron chi connectivity index (χ0n) is 8.45. The van der Waals surface area contributed by atoms with Gasteiger partial charge >= 0.3 is 0 Å². The van der Waals surface area contributed by atoms with Crippen molar-refractivity contribution in [1.29, 1.82) is 0 Å². The van der Waals surface area contributed by atoms with Gasteiger partial charge in [-0.25, -0.2) is 0 Å². The number of rotatable bonds is 3. The molecule has 0 aromatic heterocycles. The minimum Gasteiger partial charge on any atom is -0.324 e. The van der Waals surface area contributed by atoms with Gasteiger partial charge < -0.3 is 5.73 Å². The molecular weight excluding hydrogens is 178 g/mol. The highest BCUT2D eigenvalue weighted by molar-refractivity contribution is 7.99. The topological polar surface area (TPSA) is 26.0 Å². The quantitative estimate of drug-likeness (QED) is 0.749. The highest BCUT2D eigenvalue weighted by Crippen LogP contribution is 2.23. The van der Waals surface area contributed by atoms with Gasteiger partial charge in [-0.15, -0.1) is 11.8 Å². The van der Waals surface area contributed by atoms with Crippen LogP contribution in [0.3, 0.4) is 0 Å². The fourth-order valence-corrected chi connectivity index (χ4v) is 1.96. The summed E-state index contributed by atoms with van der Waals surface area (Å²) in [5, 5.41) is 0.640. The lowest BCUT2D eigenvalue weighted by molar-refractivity contribution is 0.817. The van der Waals surface area contributed by atoms with Gasteiger partial charge in [0.2, 0.25) is 0 Å². The normalized spacial score (nSPS) is 13.3. The lowest BCUT2D eigenvalue weighted by Crippen LogP contribution is -2.04. The molecule has 0 saturated carbocycles. The molecule has 72 valence electrons. The molecule has 1 aromatic rings. The molecule has 0 radical (unpaired) electrons. The average molecular weight is 195 g/mol. The smallest absolute Gasteiger partial charge is 0.0266 e. The zero-order chi connectivity index (χ0) is 9.84. The fraction of sp³-hybridized carbons (Fsp3) is 0.455. The molecule has 13 heavy (non-hydrogen) atoms. The molecule has 0 heterocycles. The van der Waals surface area contributed by atoms with Crippen LogP contribution in [0.4, 0.5) is 0 Å². The summed E-state index contributed by atoms with van der Waals surface area (Å²) in [6.07, 6.45) is 0. The summed E-state index contributed by atoms with van der Waals surface area (Å²) in [7, 11) is 0. The molecule has 0 bridgehead atoms. The molecule has 0 aliphatic rings. The van der Waals surface area contributed by atoms with Crippen molar-refractivity contribution in [2.45, 2.75) is 37.0 Å². The first-order valence-electron chi connectivity index (χ1n) is 4.62. The molecule has 0 saturated heterocycles. The van der Waals surface area contributed by atoms with Crippen molar-refractivity contribution in [2.75, 3.05) is 0 Å². The second kappa shape index (κ2) is 4.68. The van der Waals surface area contributed by atoms with Crippen molar-refractivity contribution in [3.8, 4) is 0 Å². The Labute approximate surface area is 84.7 Å². The van der Waals surface area contributed by atoms with E-state index in [9.17, 15) is 0 Å². The van der Waals surface area contributed by atoms with Crippen molar-refractivity contribution in [3.63, 3.8) is 0 Å². The van der Waals surface area contributed by atoms with E-state index in [2.05, 4.69) is 38.1 Å². The maximum absolute atomic E-state index is 5.76. The van der Waals surface area contributed by atoms with E-state index in [1.165, 1.54) is 10.5 Å². The standard InChI is InChI=1S/C11H17NS/c1-8(2)13-11-6-4-10(5-7-11)9(3)12/h4-9H,12H2,1-3H3. The van der Waals surface area contributed by atoms with Crippen LogP contribution >= 0.6 is 11.8 Å². The number of benzene rings is 1. The van der Waals surface area contributed by atoms with Crippen LogP contribution < -0.4 is 5.73 Å². The Kier molecular flexibility index (Phi) is 3.82. The third-order valence-corrected chi connectivity index (χ3v) is 2.79. The van der Waals surface area contributed by atoms with Crippen LogP contribution in [-0.2, 0) is 0 Å². The Morgan fingerprint density at radius 3 is 2.00 bits per heavy atom. The summed E-state index contributed by atoms with van der Waals surface area (Å²) in [5.41, 5.74) is 6.96. The van der Waals surface area contributed by atoms with Gasteiger partial charge in [0.05, 0.1) is 0 Å². The van der Waals surface area contributed by atoms with Gasteiger partial charge in [0.1, 0.15) is 0 Å². The molecule has 2 N–H and O–H groups in total. The summed E-state index contributed by atoms with van der Waals surface area (Å²) >= 11 is 1.88. The Morgan fingerprint density at radius 1 is 1.08 bits per heavy atom. The minimum absolute atomic E-state index is 0.137. The van der Waals surface area contributed by atoms with E-state index in [1.54, 1.807) is 0 Å². The maximum Gasteiger partial charge on any atom is 0.0266 e. The van der Waals surface area contributed by atoms with Gasteiger partial charge in [0, 0.05) is 16.2 Å². The van der Waals surface area contributed by atoms with Crippen LogP contribution in [0.25, 0.3) is 0 Å². The Bertz CT molecular complexity index is 251. The van der Waals surface area contributed by atoms with E-state index >= 15 is 0 Å². The predicted octanol–water partition coefficient (Wildman–Crippen LogP) is 3.21. The molecule has 0 aliphatic carbocycles. The number of hydrogen-bond donors (Lipinski definition) is 1. The fourth-order valence-electron chi connectivity index (χ4n) is 1.12. The largest absolute Gasteiger partial charge is 0.324 e. The maximum atomic E-state index is 5.76. The first-order chi connectivity index (χ1) is 6.09. The van der Waals surface area contributed by atoms with E-state index in [1.807, 2.05) is 18.7 Å². The second-order valence-corrected chi connectivity index (χ2v) is 5.17. The highest BCUT2D eigenvalue weighted by Gasteiger charge is 2.00. The van der Waals surface area contributed by atoms with Gasteiger partial charge in [0.25, 0.3) is 0 Å². The molecule has 2 heteroatoms. The summed E-state index contributed by atoms with van der Waals surface area (Å²) in [4.78, 5) is 1.32. The SMILES string of the molecule is CC(C)Sc1ccc(C(C)N)cc1. The molecule has 1 nitrogen and oxygen atoms in total. The summed E-state index contributed by atoms with van der Waals surface area (Å²) in [6, 6.07) is 8.63. The Balaban J connectivity index is 2.70. The molecule has 1 rings (SSSR count). The van der Waals surface area contributed by atoms with Crippen molar-refractivity contribution in [1.82, 2.24) is 0 Å². The summed E-state index contributed by atoms with van der Waals surface area (Å²) in [5.74, 6) is 0. The summed E-state index contributed by atoms with van der Waals surface area (Å²) < 4.78 is 0. The number of nitrogens with two attached hydrogens (primary N) is 1. The van der Waals surface area contributed by atoms with Crippen molar-refractivity contribution >= 4 is 11.8 Å². The van der Waals surface area contributed by atoms with Crippen LogP contribution in [0.5, 0.6) is 0 Å². The van der Waals surface area contributed by atoms with Crippen LogP contribution in [-0.4, -0.2) is 5.25 Å². The molecule has 1 atom stereocenters. The molecule has 0 spiro atoms. The first-order valence-corrected chi connectivity index (χ1v) is 5.49. The van der Waals surface area contributed by atoms with E-state index < -0.39 is 0 Å². The Morgan fingerprint density at radius 2 is 1.62 bits per heavy atom. The first kappa shape index (κ1) is 10.6. The molecule has 0 fully saturated rings.